The molecule has 0 aromatic heterocycles. The Balaban J connectivity index is 1.57. The fraction of sp³-hybridized carbons (Fsp3) is 0.533. The second kappa shape index (κ2) is 7.26. The third kappa shape index (κ3) is 5.01. The molecule has 104 valence electrons. The fourth-order valence-corrected chi connectivity index (χ4v) is 2.34. The van der Waals surface area contributed by atoms with Crippen LogP contribution in [0.1, 0.15) is 12.0 Å². The Kier molecular flexibility index (Phi) is 5.36. The van der Waals surface area contributed by atoms with Gasteiger partial charge in [-0.1, -0.05) is 30.3 Å². The quantitative estimate of drug-likeness (QED) is 0.839. The van der Waals surface area contributed by atoms with E-state index in [1.54, 1.807) is 0 Å². The van der Waals surface area contributed by atoms with Gasteiger partial charge in [-0.05, 0) is 31.5 Å². The van der Waals surface area contributed by atoms with Gasteiger partial charge in [-0.15, -0.1) is 0 Å². The summed E-state index contributed by atoms with van der Waals surface area (Å²) in [7, 11) is 2.12. The van der Waals surface area contributed by atoms with Crippen molar-refractivity contribution >= 4 is 5.91 Å². The van der Waals surface area contributed by atoms with E-state index >= 15 is 0 Å². The van der Waals surface area contributed by atoms with Crippen LogP contribution < -0.4 is 5.32 Å². The molecule has 1 aliphatic heterocycles. The first-order valence-electron chi connectivity index (χ1n) is 6.81. The molecule has 4 heteroatoms. The third-order valence-corrected chi connectivity index (χ3v) is 3.42. The maximum Gasteiger partial charge on any atom is 0.246 e. The monoisotopic (exact) mass is 262 g/mol. The van der Waals surface area contributed by atoms with E-state index in [9.17, 15) is 4.79 Å². The van der Waals surface area contributed by atoms with Gasteiger partial charge in [0.2, 0.25) is 5.91 Å². The molecular weight excluding hydrogens is 240 g/mol. The number of nitrogens with zero attached hydrogens (tertiary/aromatic N) is 1. The molecule has 4 nitrogen and oxygen atoms in total. The number of hydrogen-bond donors (Lipinski definition) is 1. The van der Waals surface area contributed by atoms with E-state index in [1.807, 2.05) is 30.3 Å². The normalized spacial score (nSPS) is 19.5. The van der Waals surface area contributed by atoms with Crippen LogP contribution in [0.4, 0.5) is 0 Å². The molecule has 1 aromatic carbocycles. The van der Waals surface area contributed by atoms with Crippen molar-refractivity contribution in [2.24, 2.45) is 5.92 Å². The maximum atomic E-state index is 11.6. The predicted octanol–water partition coefficient (Wildman–Crippen LogP) is 1.27. The van der Waals surface area contributed by atoms with Crippen LogP contribution in [0.3, 0.4) is 0 Å². The van der Waals surface area contributed by atoms with Gasteiger partial charge in [-0.25, -0.2) is 0 Å². The summed E-state index contributed by atoms with van der Waals surface area (Å²) in [5.41, 5.74) is 1.09. The minimum absolute atomic E-state index is 0.0227. The van der Waals surface area contributed by atoms with Crippen LogP contribution in [0.15, 0.2) is 30.3 Å². The summed E-state index contributed by atoms with van der Waals surface area (Å²) >= 11 is 0. The smallest absolute Gasteiger partial charge is 0.246 e. The molecule has 1 atom stereocenters. The molecule has 0 radical (unpaired) electrons. The number of rotatable bonds is 6. The van der Waals surface area contributed by atoms with E-state index < -0.39 is 0 Å². The average molecular weight is 262 g/mol. The van der Waals surface area contributed by atoms with Gasteiger partial charge in [0.15, 0.2) is 0 Å². The van der Waals surface area contributed by atoms with Crippen molar-refractivity contribution in [3.8, 4) is 0 Å². The van der Waals surface area contributed by atoms with E-state index in [-0.39, 0.29) is 12.5 Å². The minimum atomic E-state index is -0.0227. The lowest BCUT2D eigenvalue weighted by Crippen LogP contribution is -2.33. The van der Waals surface area contributed by atoms with Crippen molar-refractivity contribution in [1.29, 1.82) is 0 Å². The average Bonchev–Trinajstić information content (AvgIpc) is 2.83. The molecule has 2 rings (SSSR count). The number of carbonyl (C=O) groups is 1. The van der Waals surface area contributed by atoms with Crippen LogP contribution in [0, 0.1) is 5.92 Å². The molecule has 1 amide bonds. The first kappa shape index (κ1) is 14.0. The van der Waals surface area contributed by atoms with Crippen molar-refractivity contribution in [1.82, 2.24) is 10.2 Å². The highest BCUT2D eigenvalue weighted by molar-refractivity contribution is 5.77. The lowest BCUT2D eigenvalue weighted by Gasteiger charge is -2.11. The zero-order valence-corrected chi connectivity index (χ0v) is 11.5. The molecule has 1 saturated heterocycles. The number of carbonyl (C=O) groups excluding carboxylic acids is 1. The van der Waals surface area contributed by atoms with Gasteiger partial charge in [0, 0.05) is 13.1 Å². The molecule has 0 unspecified atom stereocenters. The van der Waals surface area contributed by atoms with Crippen molar-refractivity contribution in [3.05, 3.63) is 35.9 Å². The van der Waals surface area contributed by atoms with Gasteiger partial charge in [-0.3, -0.25) is 4.79 Å². The Morgan fingerprint density at radius 3 is 2.89 bits per heavy atom. The Bertz CT molecular complexity index is 394. The van der Waals surface area contributed by atoms with E-state index in [0.717, 1.165) is 25.2 Å². The number of hydrogen-bond acceptors (Lipinski definition) is 3. The highest BCUT2D eigenvalue weighted by Gasteiger charge is 2.19. The van der Waals surface area contributed by atoms with Crippen molar-refractivity contribution in [2.45, 2.75) is 13.0 Å². The molecule has 1 fully saturated rings. The number of likely N-dealkylation sites (tertiary alicyclic amines) is 1. The number of amides is 1. The summed E-state index contributed by atoms with van der Waals surface area (Å²) in [6, 6.07) is 9.89. The first-order chi connectivity index (χ1) is 9.24. The zero-order valence-electron chi connectivity index (χ0n) is 11.5. The second-order valence-corrected chi connectivity index (χ2v) is 5.20. The van der Waals surface area contributed by atoms with Gasteiger partial charge in [-0.2, -0.15) is 0 Å². The molecule has 19 heavy (non-hydrogen) atoms. The largest absolute Gasteiger partial charge is 0.367 e. The molecule has 1 aliphatic rings. The molecule has 0 bridgehead atoms. The van der Waals surface area contributed by atoms with E-state index in [4.69, 9.17) is 4.74 Å². The van der Waals surface area contributed by atoms with Crippen LogP contribution >= 0.6 is 0 Å². The van der Waals surface area contributed by atoms with Crippen molar-refractivity contribution in [2.75, 3.05) is 33.3 Å². The highest BCUT2D eigenvalue weighted by Crippen LogP contribution is 2.12. The van der Waals surface area contributed by atoms with Crippen LogP contribution in [0.25, 0.3) is 0 Å². The van der Waals surface area contributed by atoms with E-state index in [0.29, 0.717) is 12.5 Å². The highest BCUT2D eigenvalue weighted by atomic mass is 16.5. The first-order valence-corrected chi connectivity index (χ1v) is 6.81. The predicted molar refractivity (Wildman–Crippen MR) is 74.7 cm³/mol. The van der Waals surface area contributed by atoms with Crippen LogP contribution in [0.2, 0.25) is 0 Å². The third-order valence-electron chi connectivity index (χ3n) is 3.42. The van der Waals surface area contributed by atoms with Crippen molar-refractivity contribution < 1.29 is 9.53 Å². The molecule has 1 heterocycles. The second-order valence-electron chi connectivity index (χ2n) is 5.20. The van der Waals surface area contributed by atoms with Crippen molar-refractivity contribution in [3.63, 3.8) is 0 Å². The molecule has 1 N–H and O–H groups in total. The topological polar surface area (TPSA) is 41.6 Å². The molecule has 1 aromatic rings. The fourth-order valence-electron chi connectivity index (χ4n) is 2.34. The van der Waals surface area contributed by atoms with Crippen LogP contribution in [0.5, 0.6) is 0 Å². The zero-order chi connectivity index (χ0) is 13.5. The molecule has 0 spiro atoms. The SMILES string of the molecule is CN1CC[C@@H](CNC(=O)COCc2ccccc2)C1. The lowest BCUT2D eigenvalue weighted by molar-refractivity contribution is -0.126. The van der Waals surface area contributed by atoms with Gasteiger partial charge >= 0.3 is 0 Å². The van der Waals surface area contributed by atoms with Gasteiger partial charge in [0.05, 0.1) is 6.61 Å². The maximum absolute atomic E-state index is 11.6. The molecular formula is C15H22N2O2. The van der Waals surface area contributed by atoms with Gasteiger partial charge < -0.3 is 15.0 Å². The Morgan fingerprint density at radius 1 is 1.42 bits per heavy atom. The van der Waals surface area contributed by atoms with Crippen LogP contribution in [-0.4, -0.2) is 44.1 Å². The summed E-state index contributed by atoms with van der Waals surface area (Å²) in [6.07, 6.45) is 1.17. The number of nitrogens with one attached hydrogen (secondary N) is 1. The Labute approximate surface area is 114 Å². The summed E-state index contributed by atoms with van der Waals surface area (Å²) in [6.45, 7) is 3.59. The summed E-state index contributed by atoms with van der Waals surface area (Å²) in [5.74, 6) is 0.563. The van der Waals surface area contributed by atoms with Gasteiger partial charge in [0.25, 0.3) is 0 Å². The van der Waals surface area contributed by atoms with Gasteiger partial charge in [0.1, 0.15) is 6.61 Å². The van der Waals surface area contributed by atoms with E-state index in [2.05, 4.69) is 17.3 Å². The Morgan fingerprint density at radius 2 is 2.21 bits per heavy atom. The summed E-state index contributed by atoms with van der Waals surface area (Å²) < 4.78 is 5.40. The minimum Gasteiger partial charge on any atom is -0.367 e. The summed E-state index contributed by atoms with van der Waals surface area (Å²) in [4.78, 5) is 13.9. The number of benzene rings is 1. The number of ether oxygens (including phenoxy) is 1. The molecule has 0 aliphatic carbocycles. The standard InChI is InChI=1S/C15H22N2O2/c1-17-8-7-14(10-17)9-16-15(18)12-19-11-13-5-3-2-4-6-13/h2-6,14H,7-12H2,1H3,(H,16,18)/t14-/m0/s1. The van der Waals surface area contributed by atoms with Crippen LogP contribution in [-0.2, 0) is 16.1 Å². The lowest BCUT2D eigenvalue weighted by atomic mass is 10.1. The summed E-state index contributed by atoms with van der Waals surface area (Å²) in [5, 5.41) is 2.94. The molecule has 0 saturated carbocycles. The van der Waals surface area contributed by atoms with E-state index in [1.165, 1.54) is 6.42 Å². The Hall–Kier alpha value is -1.39.